The Bertz CT molecular complexity index is 1510. The van der Waals surface area contributed by atoms with Crippen LogP contribution in [0.4, 0.5) is 0 Å². The molecule has 3 aromatic heterocycles. The van der Waals surface area contributed by atoms with E-state index in [1.54, 1.807) is 18.6 Å². The predicted octanol–water partition coefficient (Wildman–Crippen LogP) is 4.54. The number of rotatable bonds is 13. The van der Waals surface area contributed by atoms with E-state index >= 15 is 0 Å². The molecule has 42 heavy (non-hydrogen) atoms. The minimum absolute atomic E-state index is 0.161. The molecule has 0 saturated carbocycles. The van der Waals surface area contributed by atoms with Crippen molar-refractivity contribution >= 4 is 0 Å². The Morgan fingerprint density at radius 1 is 0.524 bits per heavy atom. The van der Waals surface area contributed by atoms with Crippen LogP contribution < -0.4 is 0 Å². The number of hydrogen-bond donors (Lipinski definition) is 4. The SMILES string of the molecule is OC(CC(Cc1ccccc1)c1cn[nH]n1)(C(Cc1ccccc1)c1cn[nH]n1)C(Cc1ccccc1)c1cn[nH]n1. The third-order valence-electron chi connectivity index (χ3n) is 8.10. The molecule has 4 N–H and O–H groups in total. The second-order valence-electron chi connectivity index (χ2n) is 10.8. The summed E-state index contributed by atoms with van der Waals surface area (Å²) in [6, 6.07) is 30.6. The van der Waals surface area contributed by atoms with E-state index in [0.29, 0.717) is 37.1 Å². The van der Waals surface area contributed by atoms with Gasteiger partial charge in [0.2, 0.25) is 0 Å². The van der Waals surface area contributed by atoms with Crippen molar-refractivity contribution in [3.63, 3.8) is 0 Å². The first-order valence-electron chi connectivity index (χ1n) is 14.1. The highest BCUT2D eigenvalue weighted by Crippen LogP contribution is 2.48. The maximum absolute atomic E-state index is 13.4. The first-order chi connectivity index (χ1) is 20.7. The Morgan fingerprint density at radius 3 is 1.29 bits per heavy atom. The molecule has 0 aliphatic heterocycles. The third kappa shape index (κ3) is 6.18. The fourth-order valence-electron chi connectivity index (χ4n) is 6.04. The van der Waals surface area contributed by atoms with E-state index in [2.05, 4.69) is 82.6 Å². The number of H-pyrrole nitrogens is 3. The van der Waals surface area contributed by atoms with Gasteiger partial charge >= 0.3 is 0 Å². The van der Waals surface area contributed by atoms with Crippen molar-refractivity contribution in [2.45, 2.75) is 49.0 Å². The summed E-state index contributed by atoms with van der Waals surface area (Å²) in [5.74, 6) is -1.03. The summed E-state index contributed by atoms with van der Waals surface area (Å²) >= 11 is 0. The highest BCUT2D eigenvalue weighted by Gasteiger charge is 2.49. The maximum atomic E-state index is 13.4. The van der Waals surface area contributed by atoms with Crippen LogP contribution in [0.25, 0.3) is 0 Å². The highest BCUT2D eigenvalue weighted by atomic mass is 16.3. The first kappa shape index (κ1) is 27.2. The van der Waals surface area contributed by atoms with Gasteiger partial charge in [-0.2, -0.15) is 46.2 Å². The average Bonchev–Trinajstić information content (AvgIpc) is 3.84. The standard InChI is InChI=1S/C32H33N9O/c42-32(27(30-21-34-40-37-30)17-24-12-6-2-7-13-24,28(31-22-35-41-38-31)18-25-14-8-3-9-15-25)19-26(29-20-33-39-36-29)16-23-10-4-1-5-11-23/h1-15,20-22,26-28,42H,16-19H2,(H,33,36,39)(H,34,37,40)(H,35,38,41). The number of aromatic nitrogens is 9. The normalized spacial score (nSPS) is 15.1. The van der Waals surface area contributed by atoms with Gasteiger partial charge in [-0.3, -0.25) is 0 Å². The molecule has 10 nitrogen and oxygen atoms in total. The van der Waals surface area contributed by atoms with Gasteiger partial charge in [0.25, 0.3) is 0 Å². The van der Waals surface area contributed by atoms with Gasteiger partial charge in [0.15, 0.2) is 0 Å². The van der Waals surface area contributed by atoms with Crippen LogP contribution in [-0.4, -0.2) is 56.9 Å². The number of nitrogens with zero attached hydrogens (tertiary/aromatic N) is 6. The molecule has 0 aliphatic carbocycles. The van der Waals surface area contributed by atoms with E-state index in [1.165, 1.54) is 0 Å². The van der Waals surface area contributed by atoms with Crippen LogP contribution in [0.2, 0.25) is 0 Å². The van der Waals surface area contributed by atoms with Crippen molar-refractivity contribution in [2.24, 2.45) is 0 Å². The number of nitrogens with one attached hydrogen (secondary N) is 3. The van der Waals surface area contributed by atoms with E-state index in [0.717, 1.165) is 22.4 Å². The number of hydrogen-bond acceptors (Lipinski definition) is 7. The quantitative estimate of drug-likeness (QED) is 0.163. The molecule has 0 fully saturated rings. The summed E-state index contributed by atoms with van der Waals surface area (Å²) in [4.78, 5) is 0. The van der Waals surface area contributed by atoms with Gasteiger partial charge in [-0.15, -0.1) is 0 Å². The summed E-state index contributed by atoms with van der Waals surface area (Å²) in [6.07, 6.45) is 7.30. The van der Waals surface area contributed by atoms with Crippen molar-refractivity contribution in [1.82, 2.24) is 46.2 Å². The van der Waals surface area contributed by atoms with E-state index in [1.807, 2.05) is 54.6 Å². The number of aliphatic hydroxyl groups is 1. The lowest BCUT2D eigenvalue weighted by molar-refractivity contribution is -0.0319. The van der Waals surface area contributed by atoms with Crippen molar-refractivity contribution in [2.75, 3.05) is 0 Å². The van der Waals surface area contributed by atoms with Crippen LogP contribution in [0.1, 0.15) is 57.9 Å². The minimum atomic E-state index is -1.36. The van der Waals surface area contributed by atoms with E-state index in [9.17, 15) is 5.11 Å². The van der Waals surface area contributed by atoms with Crippen LogP contribution in [0, 0.1) is 0 Å². The van der Waals surface area contributed by atoms with Gasteiger partial charge in [0, 0.05) is 17.8 Å². The minimum Gasteiger partial charge on any atom is -0.388 e. The average molecular weight is 560 g/mol. The summed E-state index contributed by atoms with van der Waals surface area (Å²) in [5, 5.41) is 47.7. The molecule has 3 aromatic carbocycles. The zero-order valence-corrected chi connectivity index (χ0v) is 23.1. The van der Waals surface area contributed by atoms with Crippen molar-refractivity contribution in [3.8, 4) is 0 Å². The Kier molecular flexibility index (Phi) is 8.23. The third-order valence-corrected chi connectivity index (χ3v) is 8.10. The zero-order chi connectivity index (χ0) is 28.6. The van der Waals surface area contributed by atoms with Crippen LogP contribution in [0.3, 0.4) is 0 Å². The highest BCUT2D eigenvalue weighted by molar-refractivity contribution is 5.30. The number of benzene rings is 3. The molecular formula is C32H33N9O. The lowest BCUT2D eigenvalue weighted by Gasteiger charge is -2.43. The van der Waals surface area contributed by atoms with Crippen LogP contribution in [0.15, 0.2) is 110 Å². The van der Waals surface area contributed by atoms with Gasteiger partial charge in [-0.1, -0.05) is 91.0 Å². The summed E-state index contributed by atoms with van der Waals surface area (Å²) < 4.78 is 0. The second kappa shape index (κ2) is 12.7. The van der Waals surface area contributed by atoms with E-state index in [4.69, 9.17) is 0 Å². The predicted molar refractivity (Wildman–Crippen MR) is 157 cm³/mol. The summed E-state index contributed by atoms with van der Waals surface area (Å²) in [7, 11) is 0. The molecule has 6 rings (SSSR count). The van der Waals surface area contributed by atoms with Crippen LogP contribution >= 0.6 is 0 Å². The zero-order valence-electron chi connectivity index (χ0n) is 23.1. The van der Waals surface area contributed by atoms with Gasteiger partial charge in [-0.25, -0.2) is 0 Å². The van der Waals surface area contributed by atoms with Crippen molar-refractivity contribution < 1.29 is 5.11 Å². The van der Waals surface area contributed by atoms with Crippen molar-refractivity contribution in [1.29, 1.82) is 0 Å². The fraction of sp³-hybridized carbons (Fsp3) is 0.250. The molecular weight excluding hydrogens is 526 g/mol. The Labute approximate surface area is 243 Å². The molecule has 3 unspecified atom stereocenters. The summed E-state index contributed by atoms with van der Waals surface area (Å²) in [6.45, 7) is 0. The lowest BCUT2D eigenvalue weighted by atomic mass is 9.65. The van der Waals surface area contributed by atoms with Gasteiger partial charge in [-0.05, 0) is 42.4 Å². The molecule has 0 radical (unpaired) electrons. The molecule has 0 spiro atoms. The largest absolute Gasteiger partial charge is 0.388 e. The Morgan fingerprint density at radius 2 is 0.905 bits per heavy atom. The summed E-state index contributed by atoms with van der Waals surface area (Å²) in [5.41, 5.74) is 4.11. The monoisotopic (exact) mass is 559 g/mol. The smallest absolute Gasteiger partial charge is 0.0887 e. The molecule has 0 amide bonds. The first-order valence-corrected chi connectivity index (χ1v) is 14.1. The topological polar surface area (TPSA) is 145 Å². The molecule has 212 valence electrons. The van der Waals surface area contributed by atoms with E-state index in [-0.39, 0.29) is 5.92 Å². The van der Waals surface area contributed by atoms with Crippen molar-refractivity contribution in [3.05, 3.63) is 143 Å². The van der Waals surface area contributed by atoms with Crippen LogP contribution in [-0.2, 0) is 19.3 Å². The second-order valence-corrected chi connectivity index (χ2v) is 10.8. The molecule has 0 bridgehead atoms. The van der Waals surface area contributed by atoms with E-state index < -0.39 is 17.4 Å². The molecule has 10 heteroatoms. The maximum Gasteiger partial charge on any atom is 0.0887 e. The molecule has 6 aromatic rings. The van der Waals surface area contributed by atoms with Crippen LogP contribution in [0.5, 0.6) is 0 Å². The Balaban J connectivity index is 1.50. The van der Waals surface area contributed by atoms with Gasteiger partial charge in [0.05, 0.1) is 41.3 Å². The number of aromatic amines is 3. The molecule has 3 heterocycles. The van der Waals surface area contributed by atoms with Gasteiger partial charge in [0.1, 0.15) is 0 Å². The Hall–Kier alpha value is -4.96. The fourth-order valence-corrected chi connectivity index (χ4v) is 6.04. The molecule has 0 saturated heterocycles. The lowest BCUT2D eigenvalue weighted by Crippen LogP contribution is -2.46. The molecule has 3 atom stereocenters. The van der Waals surface area contributed by atoms with Gasteiger partial charge < -0.3 is 5.11 Å². The molecule has 0 aliphatic rings.